The van der Waals surface area contributed by atoms with Gasteiger partial charge < -0.3 is 20.1 Å². The number of rotatable bonds is 8. The number of carbonyl (C=O) groups is 2. The minimum absolute atomic E-state index is 0.0402. The van der Waals surface area contributed by atoms with Crippen LogP contribution in [0.25, 0.3) is 0 Å². The Morgan fingerprint density at radius 2 is 1.89 bits per heavy atom. The Morgan fingerprint density at radius 1 is 1.22 bits per heavy atom. The number of nitrogens with zero attached hydrogens (tertiary/aromatic N) is 1. The molecule has 1 heterocycles. The molecule has 0 aliphatic carbocycles. The van der Waals surface area contributed by atoms with Crippen LogP contribution in [0.5, 0.6) is 5.75 Å². The summed E-state index contributed by atoms with van der Waals surface area (Å²) in [4.78, 5) is 25.4. The van der Waals surface area contributed by atoms with Gasteiger partial charge in [0.15, 0.2) is 0 Å². The third-order valence-electron chi connectivity index (χ3n) is 3.75. The highest BCUT2D eigenvalue weighted by atomic mass is 19.4. The maximum atomic E-state index is 12.1. The van der Waals surface area contributed by atoms with Gasteiger partial charge in [-0.25, -0.2) is 0 Å². The summed E-state index contributed by atoms with van der Waals surface area (Å²) in [7, 11) is 1.62. The molecule has 0 saturated carbocycles. The molecular weight excluding hydrogens is 367 g/mol. The minimum atomic E-state index is -4.77. The predicted molar refractivity (Wildman–Crippen MR) is 91.2 cm³/mol. The van der Waals surface area contributed by atoms with Gasteiger partial charge in [-0.05, 0) is 44.2 Å². The van der Waals surface area contributed by atoms with E-state index in [-0.39, 0.29) is 30.9 Å². The molecule has 2 rings (SSSR count). The van der Waals surface area contributed by atoms with Gasteiger partial charge in [-0.15, -0.1) is 13.2 Å². The predicted octanol–water partition coefficient (Wildman–Crippen LogP) is 1.75. The molecule has 1 atom stereocenters. The molecule has 1 fully saturated rings. The van der Waals surface area contributed by atoms with Gasteiger partial charge in [0.05, 0.1) is 19.2 Å². The van der Waals surface area contributed by atoms with E-state index in [2.05, 4.69) is 15.4 Å². The number of halogens is 3. The number of anilines is 1. The van der Waals surface area contributed by atoms with Crippen molar-refractivity contribution in [3.05, 3.63) is 24.3 Å². The maximum Gasteiger partial charge on any atom is 0.573 e. The van der Waals surface area contributed by atoms with Gasteiger partial charge in [0.2, 0.25) is 11.8 Å². The number of benzene rings is 1. The first kappa shape index (κ1) is 21.0. The second-order valence-electron chi connectivity index (χ2n) is 6.23. The summed E-state index contributed by atoms with van der Waals surface area (Å²) in [6.07, 6.45) is -2.81. The molecule has 150 valence electrons. The van der Waals surface area contributed by atoms with E-state index < -0.39 is 12.3 Å². The highest BCUT2D eigenvalue weighted by molar-refractivity contribution is 5.92. The number of nitrogens with one attached hydrogen (secondary N) is 2. The van der Waals surface area contributed by atoms with Crippen LogP contribution in [-0.2, 0) is 14.3 Å². The number of hydrogen-bond acceptors (Lipinski definition) is 5. The number of alkyl halides is 3. The third kappa shape index (κ3) is 8.27. The van der Waals surface area contributed by atoms with Crippen LogP contribution < -0.4 is 15.4 Å². The van der Waals surface area contributed by atoms with Crippen LogP contribution in [0.4, 0.5) is 18.9 Å². The molecule has 0 radical (unpaired) electrons. The molecule has 1 aromatic rings. The Balaban J connectivity index is 1.70. The van der Waals surface area contributed by atoms with Crippen molar-refractivity contribution in [1.82, 2.24) is 10.2 Å². The molecule has 2 amide bonds. The van der Waals surface area contributed by atoms with Crippen LogP contribution >= 0.6 is 0 Å². The van der Waals surface area contributed by atoms with E-state index in [1.165, 1.54) is 17.0 Å². The highest BCUT2D eigenvalue weighted by Gasteiger charge is 2.31. The fraction of sp³-hybridized carbons (Fsp3) is 0.529. The second-order valence-corrected chi connectivity index (χ2v) is 6.23. The van der Waals surface area contributed by atoms with Crippen LogP contribution in [0.2, 0.25) is 0 Å². The van der Waals surface area contributed by atoms with Gasteiger partial charge in [-0.2, -0.15) is 0 Å². The number of carbonyl (C=O) groups excluding carboxylic acids is 2. The molecule has 27 heavy (non-hydrogen) atoms. The quantitative estimate of drug-likeness (QED) is 0.708. The van der Waals surface area contributed by atoms with Crippen molar-refractivity contribution in [3.8, 4) is 5.75 Å². The highest BCUT2D eigenvalue weighted by Crippen LogP contribution is 2.23. The number of amides is 2. The van der Waals surface area contributed by atoms with E-state index in [0.29, 0.717) is 18.8 Å². The first-order valence-corrected chi connectivity index (χ1v) is 8.44. The monoisotopic (exact) mass is 389 g/mol. The van der Waals surface area contributed by atoms with Gasteiger partial charge in [-0.1, -0.05) is 0 Å². The summed E-state index contributed by atoms with van der Waals surface area (Å²) >= 11 is 0. The van der Waals surface area contributed by atoms with Crippen molar-refractivity contribution < 1.29 is 32.2 Å². The van der Waals surface area contributed by atoms with Crippen LogP contribution in [0, 0.1) is 0 Å². The molecular formula is C17H22F3N3O4. The molecule has 1 aromatic carbocycles. The summed E-state index contributed by atoms with van der Waals surface area (Å²) in [5.41, 5.74) is 0.325. The normalized spacial score (nSPS) is 17.0. The average Bonchev–Trinajstić information content (AvgIpc) is 3.06. The van der Waals surface area contributed by atoms with Gasteiger partial charge in [0.1, 0.15) is 5.75 Å². The smallest absolute Gasteiger partial charge is 0.406 e. The van der Waals surface area contributed by atoms with E-state index in [1.807, 2.05) is 0 Å². The summed E-state index contributed by atoms with van der Waals surface area (Å²) in [5, 5.41) is 5.30. The molecule has 7 nitrogen and oxygen atoms in total. The Kier molecular flexibility index (Phi) is 7.43. The summed E-state index contributed by atoms with van der Waals surface area (Å²) in [6.45, 7) is 1.15. The molecule has 1 aliphatic heterocycles. The summed E-state index contributed by atoms with van der Waals surface area (Å²) in [5.74, 6) is -0.983. The lowest BCUT2D eigenvalue weighted by Crippen LogP contribution is -2.41. The molecule has 1 saturated heterocycles. The minimum Gasteiger partial charge on any atom is -0.406 e. The first-order valence-electron chi connectivity index (χ1n) is 8.44. The molecule has 0 bridgehead atoms. The third-order valence-corrected chi connectivity index (χ3v) is 3.75. The zero-order valence-electron chi connectivity index (χ0n) is 14.8. The SMILES string of the molecule is CN(CC(=O)NC[C@H]1CCCO1)CC(=O)Nc1ccc(OC(F)(F)F)cc1. The van der Waals surface area contributed by atoms with Crippen molar-refractivity contribution in [1.29, 1.82) is 0 Å². The standard InChI is InChI=1S/C17H22F3N3O4/c1-23(10-15(24)21-9-14-3-2-8-26-14)11-16(25)22-12-4-6-13(7-5-12)27-17(18,19)20/h4-7,14H,2-3,8-11H2,1H3,(H,21,24)(H,22,25)/t14-/m1/s1. The Bertz CT molecular complexity index is 631. The molecule has 0 aromatic heterocycles. The van der Waals surface area contributed by atoms with Crippen molar-refractivity contribution in [2.45, 2.75) is 25.3 Å². The molecule has 1 aliphatic rings. The van der Waals surface area contributed by atoms with Crippen molar-refractivity contribution in [2.75, 3.05) is 38.6 Å². The first-order chi connectivity index (χ1) is 12.7. The summed E-state index contributed by atoms with van der Waals surface area (Å²) in [6, 6.07) is 4.80. The molecule has 0 unspecified atom stereocenters. The fourth-order valence-corrected chi connectivity index (χ4v) is 2.58. The Hall–Kier alpha value is -2.33. The average molecular weight is 389 g/mol. The number of ether oxygens (including phenoxy) is 2. The second kappa shape index (κ2) is 9.56. The van der Waals surface area contributed by atoms with Gasteiger partial charge in [0.25, 0.3) is 0 Å². The molecule has 10 heteroatoms. The number of likely N-dealkylation sites (N-methyl/N-ethyl adjacent to an activating group) is 1. The van der Waals surface area contributed by atoms with Gasteiger partial charge in [0, 0.05) is 18.8 Å². The Morgan fingerprint density at radius 3 is 2.48 bits per heavy atom. The fourth-order valence-electron chi connectivity index (χ4n) is 2.58. The largest absolute Gasteiger partial charge is 0.573 e. The lowest BCUT2D eigenvalue weighted by Gasteiger charge is -2.17. The number of hydrogen-bond donors (Lipinski definition) is 2. The van der Waals surface area contributed by atoms with E-state index in [0.717, 1.165) is 25.0 Å². The zero-order chi connectivity index (χ0) is 19.9. The van der Waals surface area contributed by atoms with Crippen LogP contribution in [0.3, 0.4) is 0 Å². The van der Waals surface area contributed by atoms with Crippen LogP contribution in [0.1, 0.15) is 12.8 Å². The van der Waals surface area contributed by atoms with Gasteiger partial charge >= 0.3 is 6.36 Å². The summed E-state index contributed by atoms with van der Waals surface area (Å²) < 4.78 is 45.5. The van der Waals surface area contributed by atoms with E-state index >= 15 is 0 Å². The van der Waals surface area contributed by atoms with Crippen LogP contribution in [0.15, 0.2) is 24.3 Å². The van der Waals surface area contributed by atoms with Crippen LogP contribution in [-0.4, -0.2) is 62.5 Å². The molecule has 2 N–H and O–H groups in total. The van der Waals surface area contributed by atoms with Crippen molar-refractivity contribution >= 4 is 17.5 Å². The maximum absolute atomic E-state index is 12.1. The van der Waals surface area contributed by atoms with E-state index in [4.69, 9.17) is 4.74 Å². The van der Waals surface area contributed by atoms with E-state index in [1.54, 1.807) is 7.05 Å². The topological polar surface area (TPSA) is 79.9 Å². The van der Waals surface area contributed by atoms with Crippen molar-refractivity contribution in [3.63, 3.8) is 0 Å². The lowest BCUT2D eigenvalue weighted by atomic mass is 10.2. The van der Waals surface area contributed by atoms with Gasteiger partial charge in [-0.3, -0.25) is 14.5 Å². The lowest BCUT2D eigenvalue weighted by molar-refractivity contribution is -0.274. The Labute approximate surface area is 154 Å². The van der Waals surface area contributed by atoms with E-state index in [9.17, 15) is 22.8 Å². The van der Waals surface area contributed by atoms with Crippen molar-refractivity contribution in [2.24, 2.45) is 0 Å². The zero-order valence-corrected chi connectivity index (χ0v) is 14.8. The molecule has 0 spiro atoms.